The molecule has 3 rings (SSSR count). The van der Waals surface area contributed by atoms with Crippen molar-refractivity contribution in [1.29, 1.82) is 0 Å². The Hall–Kier alpha value is -2.13. The predicted octanol–water partition coefficient (Wildman–Crippen LogP) is 2.83. The van der Waals surface area contributed by atoms with Crippen LogP contribution < -0.4 is 5.32 Å². The lowest BCUT2D eigenvalue weighted by Crippen LogP contribution is -2.03. The average Bonchev–Trinajstić information content (AvgIpc) is 2.85. The summed E-state index contributed by atoms with van der Waals surface area (Å²) in [6.07, 6.45) is 0.635. The van der Waals surface area contributed by atoms with Gasteiger partial charge in [0.1, 0.15) is 6.10 Å². The molecular weight excluding hydrogens is 250 g/mol. The Labute approximate surface area is 118 Å². The molecule has 1 aliphatic heterocycles. The van der Waals surface area contributed by atoms with E-state index in [-0.39, 0.29) is 5.91 Å². The third-order valence-corrected chi connectivity index (χ3v) is 3.80. The molecular formula is C17H17NO2. The first-order valence-corrected chi connectivity index (χ1v) is 6.87. The lowest BCUT2D eigenvalue weighted by atomic mass is 9.94. The number of carbonyl (C=O) groups is 1. The zero-order valence-electron chi connectivity index (χ0n) is 11.4. The minimum Gasteiger partial charge on any atom is -0.384 e. The smallest absolute Gasteiger partial charge is 0.228 e. The third kappa shape index (κ3) is 2.21. The van der Waals surface area contributed by atoms with E-state index in [4.69, 9.17) is 0 Å². The van der Waals surface area contributed by atoms with Crippen molar-refractivity contribution >= 4 is 11.6 Å². The second kappa shape index (κ2) is 5.10. The Bertz CT molecular complexity index is 664. The maximum Gasteiger partial charge on any atom is 0.228 e. The maximum atomic E-state index is 11.4. The number of hydrogen-bond acceptors (Lipinski definition) is 2. The van der Waals surface area contributed by atoms with Gasteiger partial charge in [0, 0.05) is 5.69 Å². The largest absolute Gasteiger partial charge is 0.384 e. The number of nitrogens with one attached hydrogen (secondary N) is 1. The average molecular weight is 267 g/mol. The number of anilines is 1. The summed E-state index contributed by atoms with van der Waals surface area (Å²) in [4.78, 5) is 11.4. The second-order valence-electron chi connectivity index (χ2n) is 5.10. The summed E-state index contributed by atoms with van der Waals surface area (Å²) in [6, 6.07) is 13.6. The van der Waals surface area contributed by atoms with Crippen LogP contribution in [0.2, 0.25) is 0 Å². The van der Waals surface area contributed by atoms with Crippen molar-refractivity contribution in [3.05, 3.63) is 64.7 Å². The number of amides is 1. The van der Waals surface area contributed by atoms with Crippen LogP contribution in [0.4, 0.5) is 5.69 Å². The van der Waals surface area contributed by atoms with E-state index in [2.05, 4.69) is 12.2 Å². The summed E-state index contributed by atoms with van der Waals surface area (Å²) in [5, 5.41) is 13.4. The molecule has 0 fully saturated rings. The molecule has 0 aromatic heterocycles. The fraction of sp³-hybridized carbons (Fsp3) is 0.235. The molecule has 3 nitrogen and oxygen atoms in total. The molecule has 1 amide bonds. The Morgan fingerprint density at radius 2 is 2.05 bits per heavy atom. The molecule has 0 saturated heterocycles. The van der Waals surface area contributed by atoms with Gasteiger partial charge in [0.2, 0.25) is 5.91 Å². The van der Waals surface area contributed by atoms with Crippen molar-refractivity contribution in [3.63, 3.8) is 0 Å². The van der Waals surface area contributed by atoms with Gasteiger partial charge in [0.05, 0.1) is 6.42 Å². The van der Waals surface area contributed by atoms with Gasteiger partial charge in [-0.25, -0.2) is 0 Å². The second-order valence-corrected chi connectivity index (χ2v) is 5.10. The Morgan fingerprint density at radius 1 is 1.25 bits per heavy atom. The molecule has 20 heavy (non-hydrogen) atoms. The molecule has 102 valence electrons. The standard InChI is InChI=1S/C17H17NO2/c1-2-11-5-3-4-6-14(11)17(20)12-7-8-15-13(9-12)10-16(19)18-15/h3-9,17,20H,2,10H2,1H3,(H,18,19). The number of hydrogen-bond donors (Lipinski definition) is 2. The molecule has 0 spiro atoms. The minimum absolute atomic E-state index is 0.0144. The molecule has 0 aliphatic carbocycles. The number of aliphatic hydroxyl groups is 1. The van der Waals surface area contributed by atoms with Crippen LogP contribution in [0.15, 0.2) is 42.5 Å². The van der Waals surface area contributed by atoms with Gasteiger partial charge in [0.15, 0.2) is 0 Å². The van der Waals surface area contributed by atoms with Gasteiger partial charge in [-0.3, -0.25) is 4.79 Å². The van der Waals surface area contributed by atoms with Crippen LogP contribution in [0, 0.1) is 0 Å². The predicted molar refractivity (Wildman–Crippen MR) is 78.7 cm³/mol. The third-order valence-electron chi connectivity index (χ3n) is 3.80. The van der Waals surface area contributed by atoms with Gasteiger partial charge in [-0.05, 0) is 34.7 Å². The molecule has 0 saturated carbocycles. The van der Waals surface area contributed by atoms with E-state index in [0.29, 0.717) is 6.42 Å². The Balaban J connectivity index is 1.97. The molecule has 0 radical (unpaired) electrons. The van der Waals surface area contributed by atoms with Crippen LogP contribution in [-0.2, 0) is 17.6 Å². The van der Waals surface area contributed by atoms with Crippen molar-refractivity contribution in [2.75, 3.05) is 5.32 Å². The van der Waals surface area contributed by atoms with Crippen LogP contribution in [0.3, 0.4) is 0 Å². The van der Waals surface area contributed by atoms with Gasteiger partial charge in [0.25, 0.3) is 0 Å². The maximum absolute atomic E-state index is 11.4. The summed E-state index contributed by atoms with van der Waals surface area (Å²) in [7, 11) is 0. The van der Waals surface area contributed by atoms with E-state index in [1.165, 1.54) is 0 Å². The SMILES string of the molecule is CCc1ccccc1C(O)c1ccc2c(c1)CC(=O)N2. The molecule has 2 aromatic carbocycles. The minimum atomic E-state index is -0.646. The quantitative estimate of drug-likeness (QED) is 0.898. The van der Waals surface area contributed by atoms with Crippen LogP contribution in [-0.4, -0.2) is 11.0 Å². The highest BCUT2D eigenvalue weighted by Gasteiger charge is 2.20. The molecule has 0 bridgehead atoms. The summed E-state index contributed by atoms with van der Waals surface area (Å²) >= 11 is 0. The zero-order chi connectivity index (χ0) is 14.1. The van der Waals surface area contributed by atoms with Gasteiger partial charge >= 0.3 is 0 Å². The van der Waals surface area contributed by atoms with E-state index in [9.17, 15) is 9.90 Å². The van der Waals surface area contributed by atoms with Crippen molar-refractivity contribution in [2.24, 2.45) is 0 Å². The first-order chi connectivity index (χ1) is 9.69. The fourth-order valence-corrected chi connectivity index (χ4v) is 2.72. The Kier molecular flexibility index (Phi) is 3.28. The zero-order valence-corrected chi connectivity index (χ0v) is 11.4. The van der Waals surface area contributed by atoms with E-state index in [1.54, 1.807) is 0 Å². The monoisotopic (exact) mass is 267 g/mol. The van der Waals surface area contributed by atoms with E-state index in [1.807, 2.05) is 42.5 Å². The summed E-state index contributed by atoms with van der Waals surface area (Å²) < 4.78 is 0. The number of fused-ring (bicyclic) bond motifs is 1. The Morgan fingerprint density at radius 3 is 2.85 bits per heavy atom. The molecule has 1 aliphatic rings. The van der Waals surface area contributed by atoms with E-state index in [0.717, 1.165) is 34.4 Å². The molecule has 1 unspecified atom stereocenters. The molecule has 2 aromatic rings. The van der Waals surface area contributed by atoms with Crippen LogP contribution in [0.5, 0.6) is 0 Å². The fourth-order valence-electron chi connectivity index (χ4n) is 2.72. The summed E-state index contributed by atoms with van der Waals surface area (Å²) in [6.45, 7) is 2.08. The summed E-state index contributed by atoms with van der Waals surface area (Å²) in [5.74, 6) is 0.0144. The van der Waals surface area contributed by atoms with Gasteiger partial charge in [-0.2, -0.15) is 0 Å². The molecule has 1 atom stereocenters. The topological polar surface area (TPSA) is 49.3 Å². The van der Waals surface area contributed by atoms with Crippen LogP contribution in [0.1, 0.15) is 35.3 Å². The summed E-state index contributed by atoms with van der Waals surface area (Å²) in [5.41, 5.74) is 4.73. The van der Waals surface area contributed by atoms with Crippen molar-refractivity contribution in [1.82, 2.24) is 0 Å². The van der Waals surface area contributed by atoms with Gasteiger partial charge in [-0.15, -0.1) is 0 Å². The molecule has 2 N–H and O–H groups in total. The first kappa shape index (κ1) is 12.9. The van der Waals surface area contributed by atoms with Crippen molar-refractivity contribution < 1.29 is 9.90 Å². The highest BCUT2D eigenvalue weighted by molar-refractivity contribution is 5.99. The highest BCUT2D eigenvalue weighted by atomic mass is 16.3. The highest BCUT2D eigenvalue weighted by Crippen LogP contribution is 2.30. The van der Waals surface area contributed by atoms with Gasteiger partial charge < -0.3 is 10.4 Å². The number of rotatable bonds is 3. The first-order valence-electron chi connectivity index (χ1n) is 6.87. The van der Waals surface area contributed by atoms with E-state index < -0.39 is 6.10 Å². The van der Waals surface area contributed by atoms with E-state index >= 15 is 0 Å². The number of carbonyl (C=O) groups excluding carboxylic acids is 1. The molecule has 3 heteroatoms. The number of aryl methyl sites for hydroxylation is 1. The lowest BCUT2D eigenvalue weighted by Gasteiger charge is -2.16. The number of benzene rings is 2. The van der Waals surface area contributed by atoms with Gasteiger partial charge in [-0.1, -0.05) is 43.3 Å². The van der Waals surface area contributed by atoms with Crippen molar-refractivity contribution in [2.45, 2.75) is 25.9 Å². The van der Waals surface area contributed by atoms with Crippen LogP contribution >= 0.6 is 0 Å². The molecule has 1 heterocycles. The lowest BCUT2D eigenvalue weighted by molar-refractivity contribution is -0.115. The normalized spacial score (nSPS) is 14.8. The number of aliphatic hydroxyl groups excluding tert-OH is 1. The van der Waals surface area contributed by atoms with Crippen molar-refractivity contribution in [3.8, 4) is 0 Å². The van der Waals surface area contributed by atoms with Crippen LogP contribution in [0.25, 0.3) is 0 Å².